The van der Waals surface area contributed by atoms with Crippen LogP contribution >= 0.6 is 0 Å². The van der Waals surface area contributed by atoms with Crippen molar-refractivity contribution in [3.05, 3.63) is 65.9 Å². The van der Waals surface area contributed by atoms with E-state index in [-0.39, 0.29) is 0 Å². The van der Waals surface area contributed by atoms with Gasteiger partial charge in [0.05, 0.1) is 6.26 Å². The van der Waals surface area contributed by atoms with Gasteiger partial charge in [-0.25, -0.2) is 0 Å². The topological polar surface area (TPSA) is 9.23 Å². The van der Waals surface area contributed by atoms with Crippen LogP contribution in [0.4, 0.5) is 0 Å². The van der Waals surface area contributed by atoms with Gasteiger partial charge >= 0.3 is 0 Å². The Morgan fingerprint density at radius 3 is 2.71 bits per heavy atom. The molecule has 0 bridgehead atoms. The Kier molecular flexibility index (Phi) is 2.45. The molecule has 2 aromatic carbocycles. The van der Waals surface area contributed by atoms with E-state index in [1.807, 2.05) is 19.1 Å². The van der Waals surface area contributed by atoms with Crippen LogP contribution in [0, 0.1) is 0 Å². The molecule has 0 heterocycles. The van der Waals surface area contributed by atoms with E-state index in [2.05, 4.69) is 36.4 Å². The maximum Gasteiger partial charge on any atom is 0.130 e. The molecular weight excluding hydrogens is 208 g/mol. The Morgan fingerprint density at radius 2 is 1.82 bits per heavy atom. The third kappa shape index (κ3) is 1.64. The fourth-order valence-corrected chi connectivity index (χ4v) is 2.38. The molecule has 0 saturated heterocycles. The summed E-state index contributed by atoms with van der Waals surface area (Å²) in [5.41, 5.74) is 5.34. The molecule has 84 valence electrons. The van der Waals surface area contributed by atoms with E-state index in [0.717, 1.165) is 12.2 Å². The van der Waals surface area contributed by atoms with Gasteiger partial charge in [0.25, 0.3) is 0 Å². The molecular formula is C16H14O. The number of fused-ring (bicyclic) bond motifs is 3. The predicted molar refractivity (Wildman–Crippen MR) is 70.1 cm³/mol. The summed E-state index contributed by atoms with van der Waals surface area (Å²) in [5, 5.41) is 0. The predicted octanol–water partition coefficient (Wildman–Crippen LogP) is 4.17. The van der Waals surface area contributed by atoms with Gasteiger partial charge in [-0.2, -0.15) is 0 Å². The molecule has 1 heteroatoms. The van der Waals surface area contributed by atoms with Gasteiger partial charge in [0.15, 0.2) is 0 Å². The normalized spacial score (nSPS) is 12.5. The summed E-state index contributed by atoms with van der Waals surface area (Å²) in [5.74, 6) is 0.969. The van der Waals surface area contributed by atoms with Gasteiger partial charge in [0.1, 0.15) is 5.75 Å². The molecule has 1 nitrogen and oxygen atoms in total. The van der Waals surface area contributed by atoms with Crippen LogP contribution in [0.1, 0.15) is 18.1 Å². The van der Waals surface area contributed by atoms with Crippen LogP contribution in [0.5, 0.6) is 5.75 Å². The molecule has 0 fully saturated rings. The molecule has 0 amide bonds. The zero-order valence-electron chi connectivity index (χ0n) is 9.81. The molecule has 17 heavy (non-hydrogen) atoms. The van der Waals surface area contributed by atoms with Crippen molar-refractivity contribution in [3.63, 3.8) is 0 Å². The second kappa shape index (κ2) is 4.10. The number of rotatable bonds is 2. The summed E-state index contributed by atoms with van der Waals surface area (Å²) >= 11 is 0. The van der Waals surface area contributed by atoms with Gasteiger partial charge < -0.3 is 4.74 Å². The van der Waals surface area contributed by atoms with E-state index >= 15 is 0 Å². The van der Waals surface area contributed by atoms with Crippen molar-refractivity contribution >= 4 is 0 Å². The van der Waals surface area contributed by atoms with Crippen molar-refractivity contribution in [1.29, 1.82) is 0 Å². The Bertz CT molecular complexity index is 582. The summed E-state index contributed by atoms with van der Waals surface area (Å²) in [6.45, 7) is 1.96. The molecule has 0 aromatic heterocycles. The molecule has 0 atom stereocenters. The summed E-state index contributed by atoms with van der Waals surface area (Å²) in [6.07, 6.45) is 4.61. The van der Waals surface area contributed by atoms with E-state index in [0.29, 0.717) is 0 Å². The van der Waals surface area contributed by atoms with Crippen LogP contribution in [-0.2, 0) is 6.42 Å². The quantitative estimate of drug-likeness (QED) is 0.591. The fourth-order valence-electron chi connectivity index (χ4n) is 2.38. The van der Waals surface area contributed by atoms with Gasteiger partial charge in [-0.3, -0.25) is 0 Å². The minimum atomic E-state index is 0.969. The summed E-state index contributed by atoms with van der Waals surface area (Å²) < 4.78 is 5.65. The smallest absolute Gasteiger partial charge is 0.130 e. The van der Waals surface area contributed by atoms with Crippen LogP contribution in [-0.4, -0.2) is 0 Å². The molecule has 0 spiro atoms. The average Bonchev–Trinajstić information content (AvgIpc) is 2.75. The molecule has 0 unspecified atom stereocenters. The van der Waals surface area contributed by atoms with Crippen LogP contribution in [0.25, 0.3) is 11.1 Å². The Morgan fingerprint density at radius 1 is 1.00 bits per heavy atom. The second-order valence-electron chi connectivity index (χ2n) is 4.20. The van der Waals surface area contributed by atoms with Gasteiger partial charge in [-0.05, 0) is 29.7 Å². The minimum absolute atomic E-state index is 0.969. The highest BCUT2D eigenvalue weighted by molar-refractivity contribution is 5.78. The maximum absolute atomic E-state index is 5.65. The Labute approximate surface area is 101 Å². The van der Waals surface area contributed by atoms with Gasteiger partial charge in [0, 0.05) is 12.0 Å². The molecule has 0 aliphatic heterocycles. The lowest BCUT2D eigenvalue weighted by Crippen LogP contribution is -1.89. The van der Waals surface area contributed by atoms with Crippen molar-refractivity contribution in [1.82, 2.24) is 0 Å². The highest BCUT2D eigenvalue weighted by atomic mass is 16.5. The van der Waals surface area contributed by atoms with Crippen molar-refractivity contribution in [2.75, 3.05) is 0 Å². The minimum Gasteiger partial charge on any atom is -0.465 e. The first-order chi connectivity index (χ1) is 8.40. The highest BCUT2D eigenvalue weighted by Crippen LogP contribution is 2.40. The number of hydrogen-bond donors (Lipinski definition) is 0. The Balaban J connectivity index is 2.10. The molecule has 2 aromatic rings. The molecule has 1 aliphatic carbocycles. The van der Waals surface area contributed by atoms with Crippen molar-refractivity contribution in [2.45, 2.75) is 13.3 Å². The summed E-state index contributed by atoms with van der Waals surface area (Å²) in [7, 11) is 0. The van der Waals surface area contributed by atoms with Crippen molar-refractivity contribution < 1.29 is 4.74 Å². The van der Waals surface area contributed by atoms with Crippen LogP contribution in [0.15, 0.2) is 54.8 Å². The third-order valence-electron chi connectivity index (χ3n) is 3.14. The third-order valence-corrected chi connectivity index (χ3v) is 3.14. The van der Waals surface area contributed by atoms with Gasteiger partial charge in [-0.15, -0.1) is 0 Å². The zero-order chi connectivity index (χ0) is 11.7. The number of benzene rings is 2. The van der Waals surface area contributed by atoms with E-state index in [4.69, 9.17) is 4.74 Å². The molecule has 0 radical (unpaired) electrons. The van der Waals surface area contributed by atoms with Gasteiger partial charge in [0.2, 0.25) is 0 Å². The van der Waals surface area contributed by atoms with E-state index in [9.17, 15) is 0 Å². The van der Waals surface area contributed by atoms with Crippen molar-refractivity contribution in [2.24, 2.45) is 0 Å². The average molecular weight is 222 g/mol. The monoisotopic (exact) mass is 222 g/mol. The van der Waals surface area contributed by atoms with E-state index in [1.165, 1.54) is 22.3 Å². The standard InChI is InChI=1S/C16H14O/c1-2-10-17-16-9-5-8-14-13-7-4-3-6-12(13)11-15(14)16/h2-10H,11H2,1H3. The largest absolute Gasteiger partial charge is 0.465 e. The molecule has 3 rings (SSSR count). The number of hydrogen-bond acceptors (Lipinski definition) is 1. The van der Waals surface area contributed by atoms with Crippen LogP contribution < -0.4 is 4.74 Å². The first-order valence-corrected chi connectivity index (χ1v) is 5.88. The highest BCUT2D eigenvalue weighted by Gasteiger charge is 2.20. The van der Waals surface area contributed by atoms with Crippen LogP contribution in [0.2, 0.25) is 0 Å². The first-order valence-electron chi connectivity index (χ1n) is 5.88. The first kappa shape index (κ1) is 10.2. The summed E-state index contributed by atoms with van der Waals surface area (Å²) in [6, 6.07) is 14.8. The van der Waals surface area contributed by atoms with E-state index in [1.54, 1.807) is 6.26 Å². The number of allylic oxidation sites excluding steroid dienone is 1. The fraction of sp³-hybridized carbons (Fsp3) is 0.125. The molecule has 1 aliphatic rings. The SMILES string of the molecule is CC=COc1cccc2c1Cc1ccccc1-2. The van der Waals surface area contributed by atoms with E-state index < -0.39 is 0 Å². The lowest BCUT2D eigenvalue weighted by atomic mass is 10.1. The summed E-state index contributed by atoms with van der Waals surface area (Å²) in [4.78, 5) is 0. The van der Waals surface area contributed by atoms with Gasteiger partial charge in [-0.1, -0.05) is 42.5 Å². The molecule has 0 saturated carbocycles. The zero-order valence-corrected chi connectivity index (χ0v) is 9.81. The lowest BCUT2D eigenvalue weighted by Gasteiger charge is -2.06. The Hall–Kier alpha value is -2.02. The lowest BCUT2D eigenvalue weighted by molar-refractivity contribution is 0.476. The van der Waals surface area contributed by atoms with Crippen molar-refractivity contribution in [3.8, 4) is 16.9 Å². The van der Waals surface area contributed by atoms with Crippen LogP contribution in [0.3, 0.4) is 0 Å². The number of ether oxygens (including phenoxy) is 1. The maximum atomic E-state index is 5.65. The second-order valence-corrected chi connectivity index (χ2v) is 4.20. The molecule has 0 N–H and O–H groups in total.